The second kappa shape index (κ2) is 8.04. The molecule has 5 rings (SSSR count). The smallest absolute Gasteiger partial charge is 0.261 e. The minimum atomic E-state index is -0.107. The Morgan fingerprint density at radius 2 is 1.94 bits per heavy atom. The summed E-state index contributed by atoms with van der Waals surface area (Å²) >= 11 is 1.44. The molecule has 1 aromatic carbocycles. The Hall–Kier alpha value is -2.80. The van der Waals surface area contributed by atoms with Gasteiger partial charge in [-0.3, -0.25) is 9.59 Å². The summed E-state index contributed by atoms with van der Waals surface area (Å²) in [6, 6.07) is 7.56. The molecule has 6 nitrogen and oxygen atoms in total. The van der Waals surface area contributed by atoms with Gasteiger partial charge in [0.25, 0.3) is 11.8 Å². The van der Waals surface area contributed by atoms with E-state index in [1.807, 2.05) is 43.0 Å². The van der Waals surface area contributed by atoms with Gasteiger partial charge in [0.15, 0.2) is 0 Å². The number of nitrogens with one attached hydrogen (secondary N) is 1. The van der Waals surface area contributed by atoms with Gasteiger partial charge in [0, 0.05) is 36.5 Å². The monoisotopic (exact) mass is 434 g/mol. The average molecular weight is 435 g/mol. The van der Waals surface area contributed by atoms with Crippen LogP contribution < -0.4 is 5.32 Å². The van der Waals surface area contributed by atoms with Gasteiger partial charge in [-0.05, 0) is 62.8 Å². The molecule has 2 amide bonds. The van der Waals surface area contributed by atoms with E-state index in [9.17, 15) is 9.59 Å². The Kier molecular flexibility index (Phi) is 5.22. The first kappa shape index (κ1) is 20.1. The predicted molar refractivity (Wildman–Crippen MR) is 122 cm³/mol. The molecule has 31 heavy (non-hydrogen) atoms. The van der Waals surface area contributed by atoms with Crippen molar-refractivity contribution in [1.82, 2.24) is 20.2 Å². The van der Waals surface area contributed by atoms with E-state index >= 15 is 0 Å². The molecule has 0 radical (unpaired) electrons. The van der Waals surface area contributed by atoms with Gasteiger partial charge in [0.05, 0.1) is 10.6 Å². The van der Waals surface area contributed by atoms with E-state index in [2.05, 4.69) is 10.3 Å². The van der Waals surface area contributed by atoms with Crippen LogP contribution in [0.5, 0.6) is 0 Å². The van der Waals surface area contributed by atoms with Crippen molar-refractivity contribution in [2.45, 2.75) is 52.0 Å². The molecular weight excluding hydrogens is 408 g/mol. The maximum Gasteiger partial charge on any atom is 0.261 e. The van der Waals surface area contributed by atoms with Crippen LogP contribution in [0.2, 0.25) is 0 Å². The third kappa shape index (κ3) is 3.94. The minimum absolute atomic E-state index is 0.0755. The quantitative estimate of drug-likeness (QED) is 0.648. The summed E-state index contributed by atoms with van der Waals surface area (Å²) in [4.78, 5) is 38.5. The van der Waals surface area contributed by atoms with Gasteiger partial charge in [-0.15, -0.1) is 11.3 Å². The lowest BCUT2D eigenvalue weighted by molar-refractivity contribution is 0.0792. The highest BCUT2D eigenvalue weighted by molar-refractivity contribution is 7.20. The Morgan fingerprint density at radius 3 is 2.68 bits per heavy atom. The van der Waals surface area contributed by atoms with Crippen molar-refractivity contribution in [1.29, 1.82) is 0 Å². The number of aryl methyl sites for hydroxylation is 2. The van der Waals surface area contributed by atoms with Crippen LogP contribution in [0.3, 0.4) is 0 Å². The summed E-state index contributed by atoms with van der Waals surface area (Å²) in [6.07, 6.45) is 4.45. The van der Waals surface area contributed by atoms with E-state index in [0.29, 0.717) is 22.9 Å². The van der Waals surface area contributed by atoms with E-state index in [-0.39, 0.29) is 11.8 Å². The predicted octanol–water partition coefficient (Wildman–Crippen LogP) is 4.35. The zero-order valence-electron chi connectivity index (χ0n) is 17.9. The number of carbonyl (C=O) groups excluding carboxylic acids is 2. The molecule has 1 saturated heterocycles. The van der Waals surface area contributed by atoms with Crippen molar-refractivity contribution in [3.63, 3.8) is 0 Å². The van der Waals surface area contributed by atoms with Crippen LogP contribution in [0.4, 0.5) is 0 Å². The van der Waals surface area contributed by atoms with E-state index in [1.54, 1.807) is 0 Å². The first-order valence-corrected chi connectivity index (χ1v) is 11.8. The highest BCUT2D eigenvalue weighted by Gasteiger charge is 2.28. The first-order valence-electron chi connectivity index (χ1n) is 11.0. The fourth-order valence-electron chi connectivity index (χ4n) is 4.28. The number of fused-ring (bicyclic) bond motifs is 1. The number of likely N-dealkylation sites (tertiary alicyclic amines) is 1. The molecule has 0 unspecified atom stereocenters. The average Bonchev–Trinajstić information content (AvgIpc) is 3.37. The van der Waals surface area contributed by atoms with Crippen molar-refractivity contribution in [2.24, 2.45) is 0 Å². The van der Waals surface area contributed by atoms with Crippen molar-refractivity contribution in [2.75, 3.05) is 13.1 Å². The Morgan fingerprint density at radius 1 is 1.16 bits per heavy atom. The molecular formula is C24H26N4O2S. The summed E-state index contributed by atoms with van der Waals surface area (Å²) < 4.78 is 0. The number of thiophene rings is 1. The van der Waals surface area contributed by atoms with E-state index in [0.717, 1.165) is 71.6 Å². The summed E-state index contributed by atoms with van der Waals surface area (Å²) in [5, 5.41) is 4.02. The lowest BCUT2D eigenvalue weighted by atomic mass is 10.1. The van der Waals surface area contributed by atoms with Gasteiger partial charge in [-0.1, -0.05) is 12.1 Å². The fourth-order valence-corrected chi connectivity index (χ4v) is 5.44. The highest BCUT2D eigenvalue weighted by Crippen LogP contribution is 2.40. The molecule has 2 fully saturated rings. The molecule has 1 saturated carbocycles. The molecule has 3 heterocycles. The number of nitrogens with zero attached hydrogens (tertiary/aromatic N) is 3. The maximum absolute atomic E-state index is 13.0. The van der Waals surface area contributed by atoms with E-state index in [1.165, 1.54) is 11.3 Å². The molecule has 0 bridgehead atoms. The van der Waals surface area contributed by atoms with E-state index in [4.69, 9.17) is 4.98 Å². The Balaban J connectivity index is 1.32. The molecule has 160 valence electrons. The van der Waals surface area contributed by atoms with Crippen LogP contribution in [-0.4, -0.2) is 39.8 Å². The number of amides is 2. The Bertz CT molecular complexity index is 1180. The number of hydrogen-bond donors (Lipinski definition) is 1. The van der Waals surface area contributed by atoms with Gasteiger partial charge < -0.3 is 10.2 Å². The normalized spacial score (nSPS) is 16.1. The van der Waals surface area contributed by atoms with Crippen LogP contribution in [0, 0.1) is 13.8 Å². The minimum Gasteiger partial charge on any atom is -0.347 e. The first-order chi connectivity index (χ1) is 15.0. The van der Waals surface area contributed by atoms with Gasteiger partial charge in [0.2, 0.25) is 0 Å². The molecule has 2 aromatic heterocycles. The number of aromatic nitrogens is 2. The van der Waals surface area contributed by atoms with Crippen molar-refractivity contribution in [3.8, 4) is 0 Å². The second-order valence-corrected chi connectivity index (χ2v) is 9.56. The molecule has 0 atom stereocenters. The Labute approximate surface area is 185 Å². The van der Waals surface area contributed by atoms with Crippen LogP contribution in [0.15, 0.2) is 24.3 Å². The maximum atomic E-state index is 13.0. The number of benzene rings is 1. The van der Waals surface area contributed by atoms with Gasteiger partial charge >= 0.3 is 0 Å². The van der Waals surface area contributed by atoms with Crippen molar-refractivity contribution < 1.29 is 9.59 Å². The molecule has 1 aliphatic heterocycles. The highest BCUT2D eigenvalue weighted by atomic mass is 32.1. The molecule has 3 aromatic rings. The zero-order chi connectivity index (χ0) is 21.5. The second-order valence-electron chi connectivity index (χ2n) is 8.56. The SMILES string of the molecule is Cc1nc(C2CC2)nc2sc(C(=O)NCc3cccc(C(=O)N4CCCC4)c3)c(C)c12. The van der Waals surface area contributed by atoms with Crippen LogP contribution in [0.25, 0.3) is 10.2 Å². The summed E-state index contributed by atoms with van der Waals surface area (Å²) in [5.74, 6) is 1.37. The van der Waals surface area contributed by atoms with Gasteiger partial charge in [-0.25, -0.2) is 9.97 Å². The fraction of sp³-hybridized carbons (Fsp3) is 0.417. The topological polar surface area (TPSA) is 75.2 Å². The van der Waals surface area contributed by atoms with E-state index < -0.39 is 0 Å². The lowest BCUT2D eigenvalue weighted by Gasteiger charge is -2.15. The van der Waals surface area contributed by atoms with Crippen LogP contribution >= 0.6 is 11.3 Å². The van der Waals surface area contributed by atoms with Crippen LogP contribution in [0.1, 0.15) is 74.3 Å². The standard InChI is InChI=1S/C24H26N4O2S/c1-14-19-15(2)26-21(17-8-9-17)27-23(19)31-20(14)22(29)25-13-16-6-5-7-18(12-16)24(30)28-10-3-4-11-28/h5-7,12,17H,3-4,8-11,13H2,1-2H3,(H,25,29). The summed E-state index contributed by atoms with van der Waals surface area (Å²) in [6.45, 7) is 6.01. The molecule has 2 aliphatic rings. The van der Waals surface area contributed by atoms with Crippen LogP contribution in [-0.2, 0) is 6.54 Å². The largest absolute Gasteiger partial charge is 0.347 e. The third-order valence-corrected chi connectivity index (χ3v) is 7.34. The molecule has 7 heteroatoms. The van der Waals surface area contributed by atoms with Crippen molar-refractivity contribution in [3.05, 3.63) is 57.4 Å². The number of rotatable bonds is 5. The number of hydrogen-bond acceptors (Lipinski definition) is 5. The zero-order valence-corrected chi connectivity index (χ0v) is 18.7. The van der Waals surface area contributed by atoms with Gasteiger partial charge in [0.1, 0.15) is 10.7 Å². The third-order valence-electron chi connectivity index (χ3n) is 6.16. The molecule has 1 aliphatic carbocycles. The van der Waals surface area contributed by atoms with Gasteiger partial charge in [-0.2, -0.15) is 0 Å². The summed E-state index contributed by atoms with van der Waals surface area (Å²) in [5.41, 5.74) is 3.50. The van der Waals surface area contributed by atoms with Crippen molar-refractivity contribution >= 4 is 33.4 Å². The molecule has 0 spiro atoms. The number of carbonyl (C=O) groups is 2. The molecule has 1 N–H and O–H groups in total. The summed E-state index contributed by atoms with van der Waals surface area (Å²) in [7, 11) is 0. The lowest BCUT2D eigenvalue weighted by Crippen LogP contribution is -2.28.